The highest BCUT2D eigenvalue weighted by molar-refractivity contribution is 6.30. The van der Waals surface area contributed by atoms with E-state index in [0.29, 0.717) is 17.9 Å². The summed E-state index contributed by atoms with van der Waals surface area (Å²) in [6, 6.07) is 14.2. The molecule has 2 aromatic rings. The van der Waals surface area contributed by atoms with Gasteiger partial charge in [0.2, 0.25) is 5.91 Å². The van der Waals surface area contributed by atoms with Gasteiger partial charge in [-0.1, -0.05) is 54.9 Å². The van der Waals surface area contributed by atoms with E-state index in [0.717, 1.165) is 34.4 Å². The maximum Gasteiger partial charge on any atom is 0.325 e. The van der Waals surface area contributed by atoms with Gasteiger partial charge in [-0.15, -0.1) is 0 Å². The fourth-order valence-corrected chi connectivity index (χ4v) is 4.58. The minimum absolute atomic E-state index is 0.222. The van der Waals surface area contributed by atoms with Gasteiger partial charge in [0.1, 0.15) is 12.1 Å². The molecule has 2 unspecified atom stereocenters. The zero-order valence-electron chi connectivity index (χ0n) is 16.8. The van der Waals surface area contributed by atoms with Gasteiger partial charge in [0, 0.05) is 5.02 Å². The zero-order valence-corrected chi connectivity index (χ0v) is 17.5. The largest absolute Gasteiger partial charge is 0.348 e. The number of carbonyl (C=O) groups is 3. The topological polar surface area (TPSA) is 78.5 Å². The molecule has 1 aliphatic heterocycles. The number of fused-ring (bicyclic) bond motifs is 2. The number of nitrogens with one attached hydrogen (secondary N) is 2. The summed E-state index contributed by atoms with van der Waals surface area (Å²) in [5.74, 6) is -0.726. The van der Waals surface area contributed by atoms with Gasteiger partial charge in [-0.05, 0) is 54.5 Å². The molecule has 6 nitrogen and oxygen atoms in total. The maximum absolute atomic E-state index is 13.3. The van der Waals surface area contributed by atoms with Crippen LogP contribution in [-0.4, -0.2) is 29.3 Å². The Kier molecular flexibility index (Phi) is 5.52. The molecule has 30 heavy (non-hydrogen) atoms. The number of amides is 4. The Bertz CT molecular complexity index is 991. The molecule has 4 amide bonds. The van der Waals surface area contributed by atoms with Crippen molar-refractivity contribution in [1.82, 2.24) is 15.5 Å². The van der Waals surface area contributed by atoms with Crippen LogP contribution < -0.4 is 10.6 Å². The number of urea groups is 1. The number of hydrogen-bond donors (Lipinski definition) is 2. The molecule has 1 saturated heterocycles. The molecular formula is C23H24ClN3O3. The third kappa shape index (κ3) is 3.56. The molecule has 1 aliphatic carbocycles. The molecule has 7 heteroatoms. The van der Waals surface area contributed by atoms with Crippen molar-refractivity contribution in [3.05, 3.63) is 70.2 Å². The first-order valence-corrected chi connectivity index (χ1v) is 10.6. The van der Waals surface area contributed by atoms with Crippen LogP contribution in [0.3, 0.4) is 0 Å². The highest BCUT2D eigenvalue weighted by atomic mass is 35.5. The average Bonchev–Trinajstić information content (AvgIpc) is 2.98. The molecule has 2 N–H and O–H groups in total. The van der Waals surface area contributed by atoms with E-state index in [1.54, 1.807) is 12.1 Å². The van der Waals surface area contributed by atoms with Crippen LogP contribution in [0, 0.1) is 0 Å². The Labute approximate surface area is 180 Å². The Morgan fingerprint density at radius 1 is 1.20 bits per heavy atom. The van der Waals surface area contributed by atoms with Crippen molar-refractivity contribution in [2.24, 2.45) is 0 Å². The number of halogens is 1. The van der Waals surface area contributed by atoms with Gasteiger partial charge in [-0.3, -0.25) is 14.5 Å². The highest BCUT2D eigenvalue weighted by Crippen LogP contribution is 2.39. The smallest absolute Gasteiger partial charge is 0.325 e. The fourth-order valence-electron chi connectivity index (χ4n) is 4.45. The quantitative estimate of drug-likeness (QED) is 0.717. The molecule has 1 spiro atoms. The number of rotatable bonds is 5. The lowest BCUT2D eigenvalue weighted by molar-refractivity contribution is -0.135. The Morgan fingerprint density at radius 3 is 2.67 bits per heavy atom. The second-order valence-electron chi connectivity index (χ2n) is 7.82. The molecule has 1 fully saturated rings. The van der Waals surface area contributed by atoms with Gasteiger partial charge < -0.3 is 10.6 Å². The van der Waals surface area contributed by atoms with Crippen molar-refractivity contribution >= 4 is 29.4 Å². The molecule has 4 rings (SSSR count). The SMILES string of the molecule is CCC(NC(=O)CN1C(=O)NC2(CCCc3ccccc32)C1=O)c1ccc(Cl)cc1. The van der Waals surface area contributed by atoms with E-state index in [1.165, 1.54) is 0 Å². The van der Waals surface area contributed by atoms with Crippen LogP contribution in [0.2, 0.25) is 5.02 Å². The summed E-state index contributed by atoms with van der Waals surface area (Å²) in [5, 5.41) is 6.43. The van der Waals surface area contributed by atoms with E-state index in [2.05, 4.69) is 10.6 Å². The van der Waals surface area contributed by atoms with E-state index in [4.69, 9.17) is 11.6 Å². The summed E-state index contributed by atoms with van der Waals surface area (Å²) in [7, 11) is 0. The van der Waals surface area contributed by atoms with Crippen LogP contribution in [0.5, 0.6) is 0 Å². The Morgan fingerprint density at radius 2 is 1.93 bits per heavy atom. The molecule has 156 valence electrons. The molecule has 2 atom stereocenters. The Balaban J connectivity index is 1.50. The van der Waals surface area contributed by atoms with E-state index in [-0.39, 0.29) is 24.4 Å². The van der Waals surface area contributed by atoms with E-state index >= 15 is 0 Å². The van der Waals surface area contributed by atoms with Gasteiger partial charge >= 0.3 is 6.03 Å². The second kappa shape index (κ2) is 8.11. The highest BCUT2D eigenvalue weighted by Gasteiger charge is 2.54. The maximum atomic E-state index is 13.3. The number of carbonyl (C=O) groups excluding carboxylic acids is 3. The minimum atomic E-state index is -1.06. The van der Waals surface area contributed by atoms with Crippen molar-refractivity contribution in [3.8, 4) is 0 Å². The van der Waals surface area contributed by atoms with Gasteiger partial charge in [-0.2, -0.15) is 0 Å². The fraction of sp³-hybridized carbons (Fsp3) is 0.348. The van der Waals surface area contributed by atoms with Crippen LogP contribution in [0.1, 0.15) is 48.9 Å². The molecule has 0 saturated carbocycles. The number of aryl methyl sites for hydroxylation is 1. The standard InChI is InChI=1S/C23H24ClN3O3/c1-2-19(16-9-11-17(24)12-10-16)25-20(28)14-27-21(29)23(26-22(27)30)13-5-7-15-6-3-4-8-18(15)23/h3-4,6,8-12,19H,2,5,7,13-14H2,1H3,(H,25,28)(H,26,30). The van der Waals surface area contributed by atoms with Crippen molar-refractivity contribution in [1.29, 1.82) is 0 Å². The van der Waals surface area contributed by atoms with Gasteiger partial charge in [0.05, 0.1) is 6.04 Å². The van der Waals surface area contributed by atoms with Crippen molar-refractivity contribution in [3.63, 3.8) is 0 Å². The van der Waals surface area contributed by atoms with Gasteiger partial charge in [-0.25, -0.2) is 4.79 Å². The van der Waals surface area contributed by atoms with Crippen molar-refractivity contribution in [2.75, 3.05) is 6.54 Å². The normalized spacial score (nSPS) is 21.3. The lowest BCUT2D eigenvalue weighted by Gasteiger charge is -2.33. The lowest BCUT2D eigenvalue weighted by Crippen LogP contribution is -2.47. The zero-order chi connectivity index (χ0) is 21.3. The monoisotopic (exact) mass is 425 g/mol. The van der Waals surface area contributed by atoms with Crippen molar-refractivity contribution < 1.29 is 14.4 Å². The van der Waals surface area contributed by atoms with Crippen LogP contribution in [0.25, 0.3) is 0 Å². The number of nitrogens with zero attached hydrogens (tertiary/aromatic N) is 1. The second-order valence-corrected chi connectivity index (χ2v) is 8.25. The van der Waals surface area contributed by atoms with Gasteiger partial charge in [0.15, 0.2) is 0 Å². The van der Waals surface area contributed by atoms with Crippen LogP contribution in [0.4, 0.5) is 4.79 Å². The summed E-state index contributed by atoms with van der Waals surface area (Å²) in [6.45, 7) is 1.65. The van der Waals surface area contributed by atoms with Crippen LogP contribution >= 0.6 is 11.6 Å². The third-order valence-electron chi connectivity index (χ3n) is 5.97. The first-order valence-electron chi connectivity index (χ1n) is 10.2. The minimum Gasteiger partial charge on any atom is -0.348 e. The first kappa shape index (κ1) is 20.4. The average molecular weight is 426 g/mol. The molecule has 2 aliphatic rings. The third-order valence-corrected chi connectivity index (χ3v) is 6.22. The summed E-state index contributed by atoms with van der Waals surface area (Å²) in [4.78, 5) is 39.7. The first-order chi connectivity index (χ1) is 14.4. The van der Waals surface area contributed by atoms with Crippen LogP contribution in [-0.2, 0) is 21.5 Å². The summed E-state index contributed by atoms with van der Waals surface area (Å²) in [6.07, 6.45) is 2.89. The summed E-state index contributed by atoms with van der Waals surface area (Å²) in [5.41, 5.74) is 1.76. The number of benzene rings is 2. The molecule has 0 bridgehead atoms. The molecule has 0 aromatic heterocycles. The van der Waals surface area contributed by atoms with Crippen LogP contribution in [0.15, 0.2) is 48.5 Å². The molecule has 1 heterocycles. The van der Waals surface area contributed by atoms with Crippen molar-refractivity contribution in [2.45, 2.75) is 44.2 Å². The lowest BCUT2D eigenvalue weighted by atomic mass is 9.76. The molecular weight excluding hydrogens is 402 g/mol. The molecule has 2 aromatic carbocycles. The summed E-state index contributed by atoms with van der Waals surface area (Å²) < 4.78 is 0. The predicted octanol–water partition coefficient (Wildman–Crippen LogP) is 3.69. The number of hydrogen-bond acceptors (Lipinski definition) is 3. The van der Waals surface area contributed by atoms with Gasteiger partial charge in [0.25, 0.3) is 5.91 Å². The van der Waals surface area contributed by atoms with E-state index in [9.17, 15) is 14.4 Å². The predicted molar refractivity (Wildman–Crippen MR) is 114 cm³/mol. The van der Waals surface area contributed by atoms with E-state index < -0.39 is 11.6 Å². The Hall–Kier alpha value is -2.86. The van der Waals surface area contributed by atoms with E-state index in [1.807, 2.05) is 43.3 Å². The number of imide groups is 1. The molecule has 0 radical (unpaired) electrons. The summed E-state index contributed by atoms with van der Waals surface area (Å²) >= 11 is 5.94.